The molecule has 0 bridgehead atoms. The molecule has 0 fully saturated rings. The van der Waals surface area contributed by atoms with Gasteiger partial charge in [0.05, 0.1) is 6.10 Å². The van der Waals surface area contributed by atoms with Crippen LogP contribution in [0, 0.1) is 0 Å². The molecule has 1 atom stereocenters. The van der Waals surface area contributed by atoms with Gasteiger partial charge in [-0.15, -0.1) is 0 Å². The van der Waals surface area contributed by atoms with Crippen molar-refractivity contribution in [2.45, 2.75) is 45.1 Å². The summed E-state index contributed by atoms with van der Waals surface area (Å²) in [6.45, 7) is 5.96. The predicted octanol–water partition coefficient (Wildman–Crippen LogP) is 3.37. The standard InChI is InChI=1S/C13H20O/c1-3-5-6-7-8-12-10-13(14)9-11(12)4-2/h4,8-9,13-14H,2-3,5-7,10H2,1H3/b12-8-/t13-/m1/s1. The Hall–Kier alpha value is -0.820. The van der Waals surface area contributed by atoms with Gasteiger partial charge in [0.1, 0.15) is 0 Å². The topological polar surface area (TPSA) is 20.2 Å². The van der Waals surface area contributed by atoms with E-state index in [-0.39, 0.29) is 6.10 Å². The molecule has 0 spiro atoms. The number of aliphatic hydroxyl groups is 1. The average molecular weight is 192 g/mol. The van der Waals surface area contributed by atoms with Crippen LogP contribution in [0.2, 0.25) is 0 Å². The van der Waals surface area contributed by atoms with Crippen LogP contribution in [-0.2, 0) is 0 Å². The first-order valence-electron chi connectivity index (χ1n) is 5.49. The number of aliphatic hydroxyl groups excluding tert-OH is 1. The number of hydrogen-bond donors (Lipinski definition) is 1. The van der Waals surface area contributed by atoms with Crippen molar-refractivity contribution in [1.29, 1.82) is 0 Å². The summed E-state index contributed by atoms with van der Waals surface area (Å²) in [6.07, 6.45) is 11.4. The van der Waals surface area contributed by atoms with Crippen molar-refractivity contribution in [1.82, 2.24) is 0 Å². The molecule has 0 aromatic rings. The van der Waals surface area contributed by atoms with E-state index in [1.165, 1.54) is 24.8 Å². The summed E-state index contributed by atoms with van der Waals surface area (Å²) < 4.78 is 0. The second kappa shape index (κ2) is 5.82. The first-order valence-corrected chi connectivity index (χ1v) is 5.49. The van der Waals surface area contributed by atoms with Crippen molar-refractivity contribution in [2.75, 3.05) is 0 Å². The van der Waals surface area contributed by atoms with Gasteiger partial charge in [-0.2, -0.15) is 0 Å². The zero-order valence-electron chi connectivity index (χ0n) is 9.00. The van der Waals surface area contributed by atoms with E-state index in [4.69, 9.17) is 0 Å². The van der Waals surface area contributed by atoms with Crippen LogP contribution in [0.5, 0.6) is 0 Å². The molecule has 1 nitrogen and oxygen atoms in total. The van der Waals surface area contributed by atoms with Gasteiger partial charge in [-0.1, -0.05) is 38.5 Å². The minimum Gasteiger partial charge on any atom is -0.389 e. The maximum absolute atomic E-state index is 9.44. The van der Waals surface area contributed by atoms with Crippen molar-refractivity contribution in [3.8, 4) is 0 Å². The summed E-state index contributed by atoms with van der Waals surface area (Å²) >= 11 is 0. The Morgan fingerprint density at radius 1 is 1.57 bits per heavy atom. The molecule has 0 aromatic heterocycles. The molecular formula is C13H20O. The molecular weight excluding hydrogens is 172 g/mol. The Bertz CT molecular complexity index is 248. The molecule has 1 heteroatoms. The highest BCUT2D eigenvalue weighted by Gasteiger charge is 2.15. The molecule has 0 radical (unpaired) electrons. The van der Waals surface area contributed by atoms with Gasteiger partial charge in [0.15, 0.2) is 0 Å². The lowest BCUT2D eigenvalue weighted by Gasteiger charge is -2.00. The summed E-state index contributed by atoms with van der Waals surface area (Å²) in [7, 11) is 0. The maximum Gasteiger partial charge on any atom is 0.0770 e. The van der Waals surface area contributed by atoms with E-state index >= 15 is 0 Å². The number of allylic oxidation sites excluding steroid dienone is 3. The van der Waals surface area contributed by atoms with E-state index in [2.05, 4.69) is 19.6 Å². The van der Waals surface area contributed by atoms with Gasteiger partial charge in [-0.3, -0.25) is 0 Å². The van der Waals surface area contributed by atoms with Crippen molar-refractivity contribution < 1.29 is 5.11 Å². The first-order chi connectivity index (χ1) is 6.77. The Morgan fingerprint density at radius 2 is 2.36 bits per heavy atom. The van der Waals surface area contributed by atoms with E-state index in [9.17, 15) is 5.11 Å². The van der Waals surface area contributed by atoms with Crippen LogP contribution in [0.15, 0.2) is 36.0 Å². The highest BCUT2D eigenvalue weighted by molar-refractivity contribution is 5.44. The third-order valence-corrected chi connectivity index (χ3v) is 2.59. The smallest absolute Gasteiger partial charge is 0.0770 e. The van der Waals surface area contributed by atoms with E-state index in [0.717, 1.165) is 18.4 Å². The minimum atomic E-state index is -0.291. The normalized spacial score (nSPS) is 24.0. The fraction of sp³-hybridized carbons (Fsp3) is 0.538. The number of unbranched alkanes of at least 4 members (excludes halogenated alkanes) is 3. The molecule has 1 rings (SSSR count). The quantitative estimate of drug-likeness (QED) is 0.662. The fourth-order valence-electron chi connectivity index (χ4n) is 1.79. The molecule has 1 N–H and O–H groups in total. The van der Waals surface area contributed by atoms with Gasteiger partial charge >= 0.3 is 0 Å². The van der Waals surface area contributed by atoms with E-state index in [1.807, 2.05) is 12.2 Å². The van der Waals surface area contributed by atoms with Crippen molar-refractivity contribution >= 4 is 0 Å². The number of rotatable bonds is 5. The van der Waals surface area contributed by atoms with Gasteiger partial charge < -0.3 is 5.11 Å². The lowest BCUT2D eigenvalue weighted by molar-refractivity contribution is 0.230. The van der Waals surface area contributed by atoms with E-state index in [0.29, 0.717) is 0 Å². The van der Waals surface area contributed by atoms with Crippen molar-refractivity contribution in [3.05, 3.63) is 36.0 Å². The average Bonchev–Trinajstić information content (AvgIpc) is 2.54. The van der Waals surface area contributed by atoms with Crippen molar-refractivity contribution in [3.63, 3.8) is 0 Å². The molecule has 0 amide bonds. The zero-order chi connectivity index (χ0) is 10.4. The van der Waals surface area contributed by atoms with Crippen molar-refractivity contribution in [2.24, 2.45) is 0 Å². The minimum absolute atomic E-state index is 0.291. The van der Waals surface area contributed by atoms with Crippen LogP contribution in [0.3, 0.4) is 0 Å². The lowest BCUT2D eigenvalue weighted by Crippen LogP contribution is -1.95. The van der Waals surface area contributed by atoms with E-state index in [1.54, 1.807) is 0 Å². The summed E-state index contributed by atoms with van der Waals surface area (Å²) in [4.78, 5) is 0. The molecule has 78 valence electrons. The molecule has 14 heavy (non-hydrogen) atoms. The number of hydrogen-bond acceptors (Lipinski definition) is 1. The molecule has 0 aliphatic heterocycles. The Balaban J connectivity index is 2.44. The first kappa shape index (κ1) is 11.3. The van der Waals surface area contributed by atoms with Crippen LogP contribution in [-0.4, -0.2) is 11.2 Å². The molecule has 0 saturated heterocycles. The SMILES string of the molecule is C=CC1=C[C@@H](O)C/C1=C/CCCCC. The van der Waals surface area contributed by atoms with Gasteiger partial charge in [-0.05, 0) is 30.1 Å². The fourth-order valence-corrected chi connectivity index (χ4v) is 1.79. The van der Waals surface area contributed by atoms with Gasteiger partial charge in [0.25, 0.3) is 0 Å². The predicted molar refractivity (Wildman–Crippen MR) is 61.1 cm³/mol. The molecule has 1 aliphatic carbocycles. The summed E-state index contributed by atoms with van der Waals surface area (Å²) in [6, 6.07) is 0. The molecule has 0 heterocycles. The Labute approximate surface area is 86.8 Å². The summed E-state index contributed by atoms with van der Waals surface area (Å²) in [5.41, 5.74) is 2.39. The van der Waals surface area contributed by atoms with Gasteiger partial charge in [0, 0.05) is 6.42 Å². The summed E-state index contributed by atoms with van der Waals surface area (Å²) in [5.74, 6) is 0. The second-order valence-corrected chi connectivity index (χ2v) is 3.82. The molecule has 0 saturated carbocycles. The maximum atomic E-state index is 9.44. The third kappa shape index (κ3) is 3.15. The zero-order valence-corrected chi connectivity index (χ0v) is 9.00. The van der Waals surface area contributed by atoms with Crippen LogP contribution in [0.1, 0.15) is 39.0 Å². The second-order valence-electron chi connectivity index (χ2n) is 3.82. The molecule has 0 unspecified atom stereocenters. The summed E-state index contributed by atoms with van der Waals surface area (Å²) in [5, 5.41) is 9.44. The molecule has 0 aromatic carbocycles. The van der Waals surface area contributed by atoms with Crippen LogP contribution < -0.4 is 0 Å². The lowest BCUT2D eigenvalue weighted by atomic mass is 10.1. The highest BCUT2D eigenvalue weighted by atomic mass is 16.3. The van der Waals surface area contributed by atoms with Crippen LogP contribution in [0.25, 0.3) is 0 Å². The van der Waals surface area contributed by atoms with Gasteiger partial charge in [0.2, 0.25) is 0 Å². The molecule has 1 aliphatic rings. The van der Waals surface area contributed by atoms with Crippen LogP contribution in [0.4, 0.5) is 0 Å². The Kier molecular flexibility index (Phi) is 4.68. The van der Waals surface area contributed by atoms with Gasteiger partial charge in [-0.25, -0.2) is 0 Å². The largest absolute Gasteiger partial charge is 0.389 e. The monoisotopic (exact) mass is 192 g/mol. The third-order valence-electron chi connectivity index (χ3n) is 2.59. The highest BCUT2D eigenvalue weighted by Crippen LogP contribution is 2.26. The van der Waals surface area contributed by atoms with Crippen LogP contribution >= 0.6 is 0 Å². The van der Waals surface area contributed by atoms with E-state index < -0.39 is 0 Å². The Morgan fingerprint density at radius 3 is 3.00 bits per heavy atom.